The highest BCUT2D eigenvalue weighted by atomic mass is 16.6. The molecular formula is C18H13N3O6. The second kappa shape index (κ2) is 6.79. The molecule has 1 heterocycles. The molecule has 1 N–H and O–H groups in total. The van der Waals surface area contributed by atoms with Gasteiger partial charge in [0.2, 0.25) is 5.91 Å². The van der Waals surface area contributed by atoms with Crippen molar-refractivity contribution in [2.75, 3.05) is 11.9 Å². The second-order valence-corrected chi connectivity index (χ2v) is 5.83. The van der Waals surface area contributed by atoms with Crippen LogP contribution in [0.25, 0.3) is 0 Å². The van der Waals surface area contributed by atoms with Crippen molar-refractivity contribution in [3.63, 3.8) is 0 Å². The summed E-state index contributed by atoms with van der Waals surface area (Å²) in [5.41, 5.74) is 0.122. The second-order valence-electron chi connectivity index (χ2n) is 5.83. The van der Waals surface area contributed by atoms with Crippen molar-refractivity contribution < 1.29 is 24.1 Å². The van der Waals surface area contributed by atoms with Crippen LogP contribution >= 0.6 is 0 Å². The van der Waals surface area contributed by atoms with E-state index in [9.17, 15) is 29.3 Å². The smallest absolute Gasteiger partial charge is 0.270 e. The van der Waals surface area contributed by atoms with E-state index in [4.69, 9.17) is 0 Å². The van der Waals surface area contributed by atoms with E-state index in [2.05, 4.69) is 5.32 Å². The van der Waals surface area contributed by atoms with Crippen LogP contribution in [0.4, 0.5) is 11.4 Å². The quantitative estimate of drug-likeness (QED) is 0.373. The number of benzene rings is 2. The molecule has 1 aliphatic rings. The van der Waals surface area contributed by atoms with Gasteiger partial charge in [0.15, 0.2) is 5.78 Å². The van der Waals surface area contributed by atoms with E-state index in [0.29, 0.717) is 10.5 Å². The molecule has 27 heavy (non-hydrogen) atoms. The number of nitrogens with one attached hydrogen (secondary N) is 1. The van der Waals surface area contributed by atoms with Gasteiger partial charge in [0.05, 0.1) is 21.7 Å². The number of rotatable bonds is 5. The minimum Gasteiger partial charge on any atom is -0.324 e. The Morgan fingerprint density at radius 1 is 1.07 bits per heavy atom. The summed E-state index contributed by atoms with van der Waals surface area (Å²) in [6.07, 6.45) is 0. The van der Waals surface area contributed by atoms with Crippen LogP contribution < -0.4 is 5.32 Å². The third-order valence-corrected chi connectivity index (χ3v) is 4.05. The SMILES string of the molecule is CC(=O)c1ccccc1NC(=O)CN1C(=O)c2ccc([N+](=O)[O-])cc2C1=O. The van der Waals surface area contributed by atoms with Crippen molar-refractivity contribution in [3.05, 3.63) is 69.3 Å². The molecule has 9 nitrogen and oxygen atoms in total. The van der Waals surface area contributed by atoms with Crippen LogP contribution in [0.3, 0.4) is 0 Å². The molecule has 0 bridgehead atoms. The third-order valence-electron chi connectivity index (χ3n) is 4.05. The Morgan fingerprint density at radius 3 is 2.41 bits per heavy atom. The zero-order chi connectivity index (χ0) is 19.7. The van der Waals surface area contributed by atoms with Crippen LogP contribution in [0.5, 0.6) is 0 Å². The molecule has 0 fully saturated rings. The van der Waals surface area contributed by atoms with Gasteiger partial charge in [-0.2, -0.15) is 0 Å². The Balaban J connectivity index is 1.79. The van der Waals surface area contributed by atoms with E-state index in [1.54, 1.807) is 18.2 Å². The van der Waals surface area contributed by atoms with Gasteiger partial charge in [-0.3, -0.25) is 34.2 Å². The molecule has 0 saturated carbocycles. The highest BCUT2D eigenvalue weighted by Crippen LogP contribution is 2.26. The first-order valence-electron chi connectivity index (χ1n) is 7.84. The zero-order valence-corrected chi connectivity index (χ0v) is 14.1. The van der Waals surface area contributed by atoms with Crippen molar-refractivity contribution >= 4 is 34.9 Å². The van der Waals surface area contributed by atoms with E-state index < -0.39 is 29.2 Å². The molecule has 3 amide bonds. The largest absolute Gasteiger partial charge is 0.324 e. The van der Waals surface area contributed by atoms with Gasteiger partial charge in [0.1, 0.15) is 6.54 Å². The fourth-order valence-corrected chi connectivity index (χ4v) is 2.77. The molecule has 9 heteroatoms. The summed E-state index contributed by atoms with van der Waals surface area (Å²) in [6, 6.07) is 9.66. The molecule has 2 aromatic carbocycles. The highest BCUT2D eigenvalue weighted by Gasteiger charge is 2.37. The molecule has 0 aromatic heterocycles. The van der Waals surface area contributed by atoms with Gasteiger partial charge in [-0.25, -0.2) is 0 Å². The van der Waals surface area contributed by atoms with Crippen LogP contribution in [0, 0.1) is 10.1 Å². The first-order valence-corrected chi connectivity index (χ1v) is 7.84. The monoisotopic (exact) mass is 367 g/mol. The lowest BCUT2D eigenvalue weighted by molar-refractivity contribution is -0.384. The van der Waals surface area contributed by atoms with Gasteiger partial charge in [0, 0.05) is 17.7 Å². The summed E-state index contributed by atoms with van der Waals surface area (Å²) in [5, 5.41) is 13.3. The predicted molar refractivity (Wildman–Crippen MR) is 93.5 cm³/mol. The molecule has 3 rings (SSSR count). The number of hydrogen-bond acceptors (Lipinski definition) is 6. The van der Waals surface area contributed by atoms with E-state index in [1.165, 1.54) is 19.1 Å². The summed E-state index contributed by atoms with van der Waals surface area (Å²) < 4.78 is 0. The number of amides is 3. The average molecular weight is 367 g/mol. The molecule has 136 valence electrons. The number of nitro groups is 1. The number of carbonyl (C=O) groups is 4. The van der Waals surface area contributed by atoms with Crippen LogP contribution in [0.1, 0.15) is 38.0 Å². The Morgan fingerprint density at radius 2 is 1.74 bits per heavy atom. The number of para-hydroxylation sites is 1. The Hall–Kier alpha value is -3.88. The number of Topliss-reactive ketones (excluding diaryl/α,β-unsaturated/α-hetero) is 1. The molecule has 2 aromatic rings. The summed E-state index contributed by atoms with van der Waals surface area (Å²) in [7, 11) is 0. The van der Waals surface area contributed by atoms with Gasteiger partial charge in [-0.1, -0.05) is 12.1 Å². The van der Waals surface area contributed by atoms with Crippen molar-refractivity contribution in [2.45, 2.75) is 6.92 Å². The summed E-state index contributed by atoms with van der Waals surface area (Å²) in [4.78, 5) is 59.5. The fourth-order valence-electron chi connectivity index (χ4n) is 2.77. The first kappa shape index (κ1) is 17.9. The number of carbonyl (C=O) groups excluding carboxylic acids is 4. The Kier molecular flexibility index (Phi) is 4.51. The van der Waals surface area contributed by atoms with Crippen molar-refractivity contribution in [2.24, 2.45) is 0 Å². The molecule has 0 aliphatic carbocycles. The van der Waals surface area contributed by atoms with Crippen LogP contribution in [-0.4, -0.2) is 39.9 Å². The normalized spacial score (nSPS) is 12.7. The molecule has 1 aliphatic heterocycles. The lowest BCUT2D eigenvalue weighted by Gasteiger charge is -2.14. The Bertz CT molecular complexity index is 1010. The standard InChI is InChI=1S/C18H13N3O6/c1-10(22)12-4-2-3-5-15(12)19-16(23)9-20-17(24)13-7-6-11(21(26)27)8-14(13)18(20)25/h2-8H,9H2,1H3,(H,19,23). The number of fused-ring (bicyclic) bond motifs is 1. The van der Waals surface area contributed by atoms with Gasteiger partial charge in [0.25, 0.3) is 17.5 Å². The van der Waals surface area contributed by atoms with E-state index in [0.717, 1.165) is 12.1 Å². The molecule has 0 unspecified atom stereocenters. The third kappa shape index (κ3) is 3.30. The minimum atomic E-state index is -0.784. The summed E-state index contributed by atoms with van der Waals surface area (Å²) >= 11 is 0. The summed E-state index contributed by atoms with van der Waals surface area (Å²) in [5.74, 6) is -2.42. The molecular weight excluding hydrogens is 354 g/mol. The average Bonchev–Trinajstić information content (AvgIpc) is 2.86. The van der Waals surface area contributed by atoms with Gasteiger partial charge in [-0.15, -0.1) is 0 Å². The molecule has 0 spiro atoms. The van der Waals surface area contributed by atoms with Crippen molar-refractivity contribution in [3.8, 4) is 0 Å². The molecule has 0 saturated heterocycles. The number of imide groups is 1. The minimum absolute atomic E-state index is 0.00235. The maximum Gasteiger partial charge on any atom is 0.270 e. The van der Waals surface area contributed by atoms with E-state index in [1.807, 2.05) is 0 Å². The number of anilines is 1. The molecule has 0 radical (unpaired) electrons. The number of nitro benzene ring substituents is 1. The zero-order valence-electron chi connectivity index (χ0n) is 14.1. The topological polar surface area (TPSA) is 127 Å². The number of non-ortho nitro benzene ring substituents is 1. The van der Waals surface area contributed by atoms with Crippen molar-refractivity contribution in [1.82, 2.24) is 4.90 Å². The number of hydrogen-bond donors (Lipinski definition) is 1. The number of nitrogens with zero attached hydrogens (tertiary/aromatic N) is 2. The fraction of sp³-hybridized carbons (Fsp3) is 0.111. The maximum atomic E-state index is 12.4. The van der Waals surface area contributed by atoms with Crippen LogP contribution in [-0.2, 0) is 4.79 Å². The lowest BCUT2D eigenvalue weighted by Crippen LogP contribution is -2.37. The highest BCUT2D eigenvalue weighted by molar-refractivity contribution is 6.23. The van der Waals surface area contributed by atoms with Gasteiger partial charge >= 0.3 is 0 Å². The summed E-state index contributed by atoms with van der Waals surface area (Å²) in [6.45, 7) is 0.772. The number of ketones is 1. The first-order chi connectivity index (χ1) is 12.8. The maximum absolute atomic E-state index is 12.4. The lowest BCUT2D eigenvalue weighted by atomic mass is 10.1. The van der Waals surface area contributed by atoms with E-state index in [-0.39, 0.29) is 28.3 Å². The van der Waals surface area contributed by atoms with Crippen LogP contribution in [0.15, 0.2) is 42.5 Å². The van der Waals surface area contributed by atoms with E-state index >= 15 is 0 Å². The van der Waals surface area contributed by atoms with Crippen LogP contribution in [0.2, 0.25) is 0 Å². The van der Waals surface area contributed by atoms with Crippen molar-refractivity contribution in [1.29, 1.82) is 0 Å². The molecule has 0 atom stereocenters. The van der Waals surface area contributed by atoms with Gasteiger partial charge < -0.3 is 5.32 Å². The van der Waals surface area contributed by atoms with Gasteiger partial charge in [-0.05, 0) is 25.1 Å². The predicted octanol–water partition coefficient (Wildman–Crippen LogP) is 2.03. The Labute approximate surface area is 152 Å².